The zero-order valence-corrected chi connectivity index (χ0v) is 11.0. The summed E-state index contributed by atoms with van der Waals surface area (Å²) < 4.78 is 1.12. The van der Waals surface area contributed by atoms with Gasteiger partial charge in [0.15, 0.2) is 11.8 Å². The molecule has 0 saturated heterocycles. The summed E-state index contributed by atoms with van der Waals surface area (Å²) in [6.45, 7) is 2.02. The second-order valence-corrected chi connectivity index (χ2v) is 5.34. The van der Waals surface area contributed by atoms with Gasteiger partial charge in [-0.05, 0) is 5.56 Å². The summed E-state index contributed by atoms with van der Waals surface area (Å²) in [6, 6.07) is 20.3. The molecule has 0 bridgehead atoms. The molecule has 2 unspecified atom stereocenters. The van der Waals surface area contributed by atoms with Crippen molar-refractivity contribution < 1.29 is 4.74 Å². The molecule has 2 aromatic carbocycles. The maximum atomic E-state index is 12.3. The first-order chi connectivity index (χ1) is 9.20. The molecule has 1 heterocycles. The quantitative estimate of drug-likeness (QED) is 0.590. The fourth-order valence-corrected chi connectivity index (χ4v) is 2.85. The lowest BCUT2D eigenvalue weighted by atomic mass is 9.84. The minimum Gasteiger partial charge on any atom is -0.623 e. The number of hydrogen-bond donors (Lipinski definition) is 0. The summed E-state index contributed by atoms with van der Waals surface area (Å²) in [6.07, 6.45) is 2.63. The van der Waals surface area contributed by atoms with Crippen molar-refractivity contribution in [1.82, 2.24) is 0 Å². The lowest BCUT2D eigenvalue weighted by Crippen LogP contribution is -2.29. The van der Waals surface area contributed by atoms with E-state index in [0.717, 1.165) is 16.7 Å². The molecular weight excluding hydrogens is 234 g/mol. The second-order valence-electron chi connectivity index (χ2n) is 5.34. The molecule has 2 nitrogen and oxygen atoms in total. The zero-order chi connectivity index (χ0) is 13.3. The molecule has 1 aliphatic rings. The molecule has 2 atom stereocenters. The largest absolute Gasteiger partial charge is 0.623 e. The highest BCUT2D eigenvalue weighted by atomic mass is 16.5. The van der Waals surface area contributed by atoms with Gasteiger partial charge in [-0.1, -0.05) is 60.7 Å². The lowest BCUT2D eigenvalue weighted by Gasteiger charge is -2.24. The summed E-state index contributed by atoms with van der Waals surface area (Å²) in [5.74, 6) is 0.198. The predicted molar refractivity (Wildman–Crippen MR) is 77.3 cm³/mol. The van der Waals surface area contributed by atoms with Gasteiger partial charge in [0.1, 0.15) is 0 Å². The van der Waals surface area contributed by atoms with E-state index < -0.39 is 5.54 Å². The van der Waals surface area contributed by atoms with Gasteiger partial charge in [-0.2, -0.15) is 0 Å². The van der Waals surface area contributed by atoms with Crippen molar-refractivity contribution >= 4 is 6.21 Å². The Balaban J connectivity index is 1.94. The van der Waals surface area contributed by atoms with Crippen LogP contribution in [0.15, 0.2) is 60.7 Å². The first-order valence-electron chi connectivity index (χ1n) is 6.62. The monoisotopic (exact) mass is 251 g/mol. The van der Waals surface area contributed by atoms with Gasteiger partial charge in [-0.15, -0.1) is 0 Å². The van der Waals surface area contributed by atoms with Gasteiger partial charge in [-0.3, -0.25) is 0 Å². The van der Waals surface area contributed by atoms with Gasteiger partial charge in [0.05, 0.1) is 5.92 Å². The summed E-state index contributed by atoms with van der Waals surface area (Å²) in [4.78, 5) is 0. The molecule has 2 aromatic rings. The van der Waals surface area contributed by atoms with Gasteiger partial charge in [0, 0.05) is 18.9 Å². The molecule has 2 heteroatoms. The van der Waals surface area contributed by atoms with Crippen molar-refractivity contribution in [3.63, 3.8) is 0 Å². The second kappa shape index (κ2) is 4.54. The molecule has 0 aliphatic carbocycles. The standard InChI is InChI=1S/C17H17NO/c1-17(16-10-6-3-7-11-16)12-15(13-18(17)19)14-8-4-2-5-9-14/h2-11,13,15H,12H2,1H3. The minimum atomic E-state index is -0.457. The Bertz CT molecular complexity index is 591. The van der Waals surface area contributed by atoms with Crippen LogP contribution in [0.3, 0.4) is 0 Å². The van der Waals surface area contributed by atoms with Crippen LogP contribution in [-0.2, 0) is 5.54 Å². The first kappa shape index (κ1) is 12.0. The van der Waals surface area contributed by atoms with Gasteiger partial charge in [0.25, 0.3) is 0 Å². The molecule has 19 heavy (non-hydrogen) atoms. The summed E-state index contributed by atoms with van der Waals surface area (Å²) in [7, 11) is 0. The Morgan fingerprint density at radius 2 is 1.58 bits per heavy atom. The summed E-state index contributed by atoms with van der Waals surface area (Å²) in [5.41, 5.74) is 1.84. The summed E-state index contributed by atoms with van der Waals surface area (Å²) in [5, 5.41) is 12.3. The number of nitrogens with zero attached hydrogens (tertiary/aromatic N) is 1. The molecule has 0 amide bonds. The van der Waals surface area contributed by atoms with Gasteiger partial charge >= 0.3 is 0 Å². The van der Waals surface area contributed by atoms with Gasteiger partial charge in [-0.25, -0.2) is 4.74 Å². The molecular formula is C17H17NO. The third-order valence-corrected chi connectivity index (χ3v) is 4.04. The van der Waals surface area contributed by atoms with E-state index in [9.17, 15) is 5.21 Å². The SMILES string of the molecule is CC1(c2ccccc2)CC(c2ccccc2)C=[N+]1[O-]. The minimum absolute atomic E-state index is 0.198. The predicted octanol–water partition coefficient (Wildman–Crippen LogP) is 3.67. The number of hydrogen-bond acceptors (Lipinski definition) is 1. The van der Waals surface area contributed by atoms with Crippen LogP contribution in [0.2, 0.25) is 0 Å². The molecule has 3 rings (SSSR count). The Morgan fingerprint density at radius 3 is 2.21 bits per heavy atom. The maximum Gasteiger partial charge on any atom is 0.196 e. The third kappa shape index (κ3) is 2.03. The first-order valence-corrected chi connectivity index (χ1v) is 6.62. The molecule has 0 fully saturated rings. The number of rotatable bonds is 2. The normalized spacial score (nSPS) is 26.2. The van der Waals surface area contributed by atoms with Gasteiger partial charge < -0.3 is 5.21 Å². The highest BCUT2D eigenvalue weighted by Gasteiger charge is 2.43. The van der Waals surface area contributed by atoms with E-state index in [-0.39, 0.29) is 5.92 Å². The van der Waals surface area contributed by atoms with Crippen LogP contribution < -0.4 is 0 Å². The average molecular weight is 251 g/mol. The number of benzene rings is 2. The van der Waals surface area contributed by atoms with E-state index in [1.165, 1.54) is 5.56 Å². The van der Waals surface area contributed by atoms with E-state index in [1.54, 1.807) is 0 Å². The third-order valence-electron chi connectivity index (χ3n) is 4.04. The van der Waals surface area contributed by atoms with Crippen LogP contribution in [0.1, 0.15) is 30.4 Å². The van der Waals surface area contributed by atoms with E-state index in [2.05, 4.69) is 12.1 Å². The van der Waals surface area contributed by atoms with Crippen molar-refractivity contribution in [2.45, 2.75) is 24.8 Å². The molecule has 96 valence electrons. The van der Waals surface area contributed by atoms with Crippen LogP contribution in [0.5, 0.6) is 0 Å². The molecule has 1 aliphatic heterocycles. The highest BCUT2D eigenvalue weighted by molar-refractivity contribution is 5.66. The van der Waals surface area contributed by atoms with Crippen LogP contribution in [-0.4, -0.2) is 11.0 Å². The van der Waals surface area contributed by atoms with Crippen molar-refractivity contribution in [3.05, 3.63) is 77.0 Å². The van der Waals surface area contributed by atoms with E-state index in [1.807, 2.05) is 61.7 Å². The van der Waals surface area contributed by atoms with Crippen molar-refractivity contribution in [3.8, 4) is 0 Å². The van der Waals surface area contributed by atoms with Crippen molar-refractivity contribution in [1.29, 1.82) is 0 Å². The smallest absolute Gasteiger partial charge is 0.196 e. The van der Waals surface area contributed by atoms with Crippen molar-refractivity contribution in [2.24, 2.45) is 0 Å². The Hall–Kier alpha value is -2.09. The van der Waals surface area contributed by atoms with Crippen LogP contribution in [0.25, 0.3) is 0 Å². The van der Waals surface area contributed by atoms with Crippen LogP contribution in [0, 0.1) is 5.21 Å². The highest BCUT2D eigenvalue weighted by Crippen LogP contribution is 2.39. The molecule has 0 saturated carbocycles. The van der Waals surface area contributed by atoms with E-state index >= 15 is 0 Å². The molecule has 0 spiro atoms. The Morgan fingerprint density at radius 1 is 1.00 bits per heavy atom. The molecule has 0 aromatic heterocycles. The van der Waals surface area contributed by atoms with Crippen LogP contribution >= 0.6 is 0 Å². The lowest BCUT2D eigenvalue weighted by molar-refractivity contribution is -0.541. The fraction of sp³-hybridized carbons (Fsp3) is 0.235. The molecule has 0 radical (unpaired) electrons. The topological polar surface area (TPSA) is 26.1 Å². The Kier molecular flexibility index (Phi) is 2.86. The van der Waals surface area contributed by atoms with E-state index in [0.29, 0.717) is 0 Å². The summed E-state index contributed by atoms with van der Waals surface area (Å²) >= 11 is 0. The fourth-order valence-electron chi connectivity index (χ4n) is 2.85. The van der Waals surface area contributed by atoms with Gasteiger partial charge in [0.2, 0.25) is 0 Å². The van der Waals surface area contributed by atoms with E-state index in [4.69, 9.17) is 0 Å². The number of hydroxylamine groups is 1. The maximum absolute atomic E-state index is 12.3. The van der Waals surface area contributed by atoms with Crippen LogP contribution in [0.4, 0.5) is 0 Å². The zero-order valence-electron chi connectivity index (χ0n) is 11.0. The Labute approximate surface area is 113 Å². The average Bonchev–Trinajstić information content (AvgIpc) is 2.78. The molecule has 0 N–H and O–H groups in total. The van der Waals surface area contributed by atoms with Crippen molar-refractivity contribution in [2.75, 3.05) is 0 Å².